The van der Waals surface area contributed by atoms with Gasteiger partial charge in [-0.3, -0.25) is 0 Å². The zero-order valence-electron chi connectivity index (χ0n) is 13.3. The van der Waals surface area contributed by atoms with Crippen molar-refractivity contribution in [3.05, 3.63) is 47.7 Å². The number of carbonyl (C=O) groups excluding carboxylic acids is 1. The van der Waals surface area contributed by atoms with Gasteiger partial charge in [0.25, 0.3) is 0 Å². The Labute approximate surface area is 140 Å². The fourth-order valence-corrected chi connectivity index (χ4v) is 2.88. The summed E-state index contributed by atoms with van der Waals surface area (Å²) >= 11 is 0. The highest BCUT2D eigenvalue weighted by atomic mass is 16.6. The Kier molecular flexibility index (Phi) is 4.79. The summed E-state index contributed by atoms with van der Waals surface area (Å²) in [6, 6.07) is 11.1. The number of anilines is 1. The number of likely N-dealkylation sites (tertiary alicyclic amines) is 1. The maximum atomic E-state index is 12.3. The molecule has 7 nitrogen and oxygen atoms in total. The SMILES string of the molecule is Nc1nc(O)cc(C2CCCN(C(=O)OCc3ccccc3)C2)n1. The lowest BCUT2D eigenvalue weighted by atomic mass is 9.95. The highest BCUT2D eigenvalue weighted by Crippen LogP contribution is 2.27. The summed E-state index contributed by atoms with van der Waals surface area (Å²) < 4.78 is 5.38. The van der Waals surface area contributed by atoms with Crippen molar-refractivity contribution in [1.82, 2.24) is 14.9 Å². The van der Waals surface area contributed by atoms with Crippen molar-refractivity contribution in [2.24, 2.45) is 0 Å². The van der Waals surface area contributed by atoms with Gasteiger partial charge >= 0.3 is 6.09 Å². The Morgan fingerprint density at radius 3 is 2.88 bits per heavy atom. The standard InChI is InChI=1S/C17H20N4O3/c18-16-19-14(9-15(22)20-16)13-7-4-8-21(10-13)17(23)24-11-12-5-2-1-3-6-12/h1-3,5-6,9,13H,4,7-8,10-11H2,(H3,18,19,20,22). The second kappa shape index (κ2) is 7.16. The van der Waals surface area contributed by atoms with Gasteiger partial charge in [0.2, 0.25) is 11.8 Å². The van der Waals surface area contributed by atoms with Gasteiger partial charge in [-0.05, 0) is 18.4 Å². The summed E-state index contributed by atoms with van der Waals surface area (Å²) in [5, 5.41) is 9.57. The van der Waals surface area contributed by atoms with Crippen LogP contribution in [0.4, 0.5) is 10.7 Å². The van der Waals surface area contributed by atoms with Crippen LogP contribution < -0.4 is 5.73 Å². The number of nitrogen functional groups attached to an aromatic ring is 1. The van der Waals surface area contributed by atoms with Crippen LogP contribution in [-0.4, -0.2) is 39.2 Å². The molecular weight excluding hydrogens is 308 g/mol. The topological polar surface area (TPSA) is 102 Å². The van der Waals surface area contributed by atoms with Crippen molar-refractivity contribution in [3.63, 3.8) is 0 Å². The molecule has 0 aliphatic carbocycles. The van der Waals surface area contributed by atoms with E-state index in [1.165, 1.54) is 6.07 Å². The Balaban J connectivity index is 1.61. The Bertz CT molecular complexity index is 688. The van der Waals surface area contributed by atoms with E-state index in [9.17, 15) is 9.90 Å². The zero-order chi connectivity index (χ0) is 16.9. The number of nitrogens with zero attached hydrogens (tertiary/aromatic N) is 3. The number of benzene rings is 1. The minimum absolute atomic E-state index is 0.0132. The Morgan fingerprint density at radius 1 is 1.33 bits per heavy atom. The molecule has 0 saturated carbocycles. The third-order valence-electron chi connectivity index (χ3n) is 4.05. The number of aromatic hydroxyl groups is 1. The van der Waals surface area contributed by atoms with Crippen molar-refractivity contribution in [2.75, 3.05) is 18.8 Å². The monoisotopic (exact) mass is 328 g/mol. The van der Waals surface area contributed by atoms with Crippen molar-refractivity contribution in [1.29, 1.82) is 0 Å². The third kappa shape index (κ3) is 3.92. The van der Waals surface area contributed by atoms with Gasteiger partial charge in [-0.25, -0.2) is 9.78 Å². The van der Waals surface area contributed by atoms with Gasteiger partial charge in [0.1, 0.15) is 6.61 Å². The van der Waals surface area contributed by atoms with Crippen molar-refractivity contribution in [3.8, 4) is 5.88 Å². The molecule has 1 aliphatic rings. The number of ether oxygens (including phenoxy) is 1. The first kappa shape index (κ1) is 16.0. The summed E-state index contributed by atoms with van der Waals surface area (Å²) in [5.74, 6) is -0.103. The molecular formula is C17H20N4O3. The van der Waals surface area contributed by atoms with Crippen molar-refractivity contribution >= 4 is 12.0 Å². The summed E-state index contributed by atoms with van der Waals surface area (Å²) in [7, 11) is 0. The van der Waals surface area contributed by atoms with Gasteiger partial charge in [-0.2, -0.15) is 4.98 Å². The molecule has 1 aromatic carbocycles. The molecule has 24 heavy (non-hydrogen) atoms. The predicted molar refractivity (Wildman–Crippen MR) is 88.3 cm³/mol. The van der Waals surface area contributed by atoms with Crippen molar-refractivity contribution < 1.29 is 14.6 Å². The van der Waals surface area contributed by atoms with Crippen LogP contribution in [0.15, 0.2) is 36.4 Å². The van der Waals surface area contributed by atoms with Gasteiger partial charge in [0, 0.05) is 25.1 Å². The lowest BCUT2D eigenvalue weighted by Gasteiger charge is -2.31. The van der Waals surface area contributed by atoms with Crippen LogP contribution in [0.25, 0.3) is 0 Å². The molecule has 1 atom stereocenters. The average Bonchev–Trinajstić information content (AvgIpc) is 2.60. The summed E-state index contributed by atoms with van der Waals surface area (Å²) in [5.41, 5.74) is 7.19. The van der Waals surface area contributed by atoms with Crippen molar-refractivity contribution in [2.45, 2.75) is 25.4 Å². The van der Waals surface area contributed by atoms with Crippen LogP contribution in [0.2, 0.25) is 0 Å². The fourth-order valence-electron chi connectivity index (χ4n) is 2.88. The largest absolute Gasteiger partial charge is 0.493 e. The van der Waals surface area contributed by atoms with Gasteiger partial charge in [-0.1, -0.05) is 30.3 Å². The van der Waals surface area contributed by atoms with Crippen LogP contribution in [0.3, 0.4) is 0 Å². The molecule has 0 bridgehead atoms. The molecule has 7 heteroatoms. The van der Waals surface area contributed by atoms with Gasteiger partial charge in [0.05, 0.1) is 5.69 Å². The molecule has 0 radical (unpaired) electrons. The first-order valence-electron chi connectivity index (χ1n) is 7.91. The second-order valence-electron chi connectivity index (χ2n) is 5.83. The molecule has 3 N–H and O–H groups in total. The number of amides is 1. The number of aromatic nitrogens is 2. The van der Waals surface area contributed by atoms with Gasteiger partial charge in [0.15, 0.2) is 0 Å². The van der Waals surface area contributed by atoms with E-state index in [0.29, 0.717) is 18.8 Å². The van der Waals surface area contributed by atoms with E-state index in [-0.39, 0.29) is 30.4 Å². The molecule has 0 spiro atoms. The lowest BCUT2D eigenvalue weighted by Crippen LogP contribution is -2.39. The van der Waals surface area contributed by atoms with Gasteiger partial charge in [-0.15, -0.1) is 0 Å². The number of nitrogens with two attached hydrogens (primary N) is 1. The summed E-state index contributed by atoms with van der Waals surface area (Å²) in [6.45, 7) is 1.39. The molecule has 126 valence electrons. The molecule has 1 aromatic heterocycles. The minimum Gasteiger partial charge on any atom is -0.493 e. The van der Waals surface area contributed by atoms with Crippen LogP contribution in [0, 0.1) is 0 Å². The summed E-state index contributed by atoms with van der Waals surface area (Å²) in [4.78, 5) is 21.8. The van der Waals surface area contributed by atoms with E-state index in [1.807, 2.05) is 30.3 Å². The Hall–Kier alpha value is -2.83. The van der Waals surface area contributed by atoms with E-state index in [1.54, 1.807) is 4.90 Å². The number of hydrogen-bond acceptors (Lipinski definition) is 6. The maximum absolute atomic E-state index is 12.3. The molecule has 2 heterocycles. The van der Waals surface area contributed by atoms with Crippen LogP contribution >= 0.6 is 0 Å². The van der Waals surface area contributed by atoms with Crippen LogP contribution in [-0.2, 0) is 11.3 Å². The minimum atomic E-state index is -0.338. The summed E-state index contributed by atoms with van der Waals surface area (Å²) in [6.07, 6.45) is 1.38. The maximum Gasteiger partial charge on any atom is 0.410 e. The third-order valence-corrected chi connectivity index (χ3v) is 4.05. The van der Waals surface area contributed by atoms with E-state index < -0.39 is 0 Å². The second-order valence-corrected chi connectivity index (χ2v) is 5.83. The molecule has 1 aliphatic heterocycles. The first-order chi connectivity index (χ1) is 11.6. The first-order valence-corrected chi connectivity index (χ1v) is 7.91. The number of piperidine rings is 1. The number of hydrogen-bond donors (Lipinski definition) is 2. The van der Waals surface area contributed by atoms with E-state index >= 15 is 0 Å². The normalized spacial score (nSPS) is 17.5. The lowest BCUT2D eigenvalue weighted by molar-refractivity contribution is 0.0856. The molecule has 2 aromatic rings. The Morgan fingerprint density at radius 2 is 2.12 bits per heavy atom. The number of rotatable bonds is 3. The number of carbonyl (C=O) groups is 1. The van der Waals surface area contributed by atoms with E-state index in [0.717, 1.165) is 18.4 Å². The molecule has 1 saturated heterocycles. The molecule has 1 unspecified atom stereocenters. The van der Waals surface area contributed by atoms with Gasteiger partial charge < -0.3 is 20.5 Å². The average molecular weight is 328 g/mol. The zero-order valence-corrected chi connectivity index (χ0v) is 13.3. The fraction of sp³-hybridized carbons (Fsp3) is 0.353. The highest BCUT2D eigenvalue weighted by Gasteiger charge is 2.27. The van der Waals surface area contributed by atoms with Crippen LogP contribution in [0.1, 0.15) is 30.0 Å². The molecule has 1 fully saturated rings. The molecule has 3 rings (SSSR count). The van der Waals surface area contributed by atoms with E-state index in [2.05, 4.69) is 9.97 Å². The van der Waals surface area contributed by atoms with Crippen LogP contribution in [0.5, 0.6) is 5.88 Å². The smallest absolute Gasteiger partial charge is 0.410 e. The quantitative estimate of drug-likeness (QED) is 0.896. The predicted octanol–water partition coefficient (Wildman–Crippen LogP) is 2.28. The highest BCUT2D eigenvalue weighted by molar-refractivity contribution is 5.67. The molecule has 1 amide bonds. The van der Waals surface area contributed by atoms with E-state index in [4.69, 9.17) is 10.5 Å².